The van der Waals surface area contributed by atoms with Crippen LogP contribution in [0.2, 0.25) is 5.02 Å². The molecule has 2 aliphatic rings. The number of halogens is 1. The number of imide groups is 1. The van der Waals surface area contributed by atoms with Crippen LogP contribution in [0.3, 0.4) is 0 Å². The minimum atomic E-state index is -0.303. The van der Waals surface area contributed by atoms with Crippen LogP contribution in [-0.4, -0.2) is 78.1 Å². The van der Waals surface area contributed by atoms with Gasteiger partial charge in [-0.1, -0.05) is 35.9 Å². The summed E-state index contributed by atoms with van der Waals surface area (Å²) in [6.07, 6.45) is 0. The average Bonchev–Trinajstić information content (AvgIpc) is 3.06. The lowest BCUT2D eigenvalue weighted by Gasteiger charge is -2.36. The van der Waals surface area contributed by atoms with Gasteiger partial charge < -0.3 is 14.7 Å². The van der Waals surface area contributed by atoms with Gasteiger partial charge in [0.15, 0.2) is 0 Å². The van der Waals surface area contributed by atoms with E-state index in [1.165, 1.54) is 4.90 Å². The van der Waals surface area contributed by atoms with Crippen molar-refractivity contribution in [2.75, 3.05) is 46.4 Å². The van der Waals surface area contributed by atoms with Crippen LogP contribution >= 0.6 is 11.6 Å². The van der Waals surface area contributed by atoms with Gasteiger partial charge in [-0.05, 0) is 35.4 Å². The van der Waals surface area contributed by atoms with E-state index in [9.17, 15) is 14.7 Å². The van der Waals surface area contributed by atoms with E-state index in [2.05, 4.69) is 4.90 Å². The lowest BCUT2D eigenvalue weighted by Crippen LogP contribution is -2.48. The molecule has 1 fully saturated rings. The number of β-amino-alcohol motifs (C(OH)–C–C–N with tert-alkyl or cyclic N) is 1. The molecule has 2 heterocycles. The van der Waals surface area contributed by atoms with Gasteiger partial charge in [-0.25, -0.2) is 0 Å². The number of methoxy groups -OCH3 is 1. The lowest BCUT2D eigenvalue weighted by atomic mass is 10.0. The zero-order valence-electron chi connectivity index (χ0n) is 18.0. The van der Waals surface area contributed by atoms with Crippen LogP contribution < -0.4 is 4.74 Å². The van der Waals surface area contributed by atoms with E-state index in [0.717, 1.165) is 18.7 Å². The Balaban J connectivity index is 1.66. The number of carbonyl (C=O) groups excluding carboxylic acids is 2. The summed E-state index contributed by atoms with van der Waals surface area (Å²) >= 11 is 5.98. The fourth-order valence-corrected chi connectivity index (χ4v) is 4.25. The molecule has 168 valence electrons. The summed E-state index contributed by atoms with van der Waals surface area (Å²) in [5.41, 5.74) is 2.38. The highest BCUT2D eigenvalue weighted by atomic mass is 35.5. The largest absolute Gasteiger partial charge is 0.497 e. The number of piperazine rings is 1. The summed E-state index contributed by atoms with van der Waals surface area (Å²) < 4.78 is 5.24. The topological polar surface area (TPSA) is 73.3 Å². The molecule has 0 aromatic heterocycles. The van der Waals surface area contributed by atoms with E-state index in [4.69, 9.17) is 16.3 Å². The molecule has 0 unspecified atom stereocenters. The number of rotatable bonds is 7. The standard InChI is InChI=1S/C24H26ClN3O4/c1-32-20-8-4-18(5-9-20)21-22(27-12-10-26(11-13-27)14-15-29)24(31)28(23(21)30)16-17-2-6-19(25)7-3-17/h2-9,29H,10-16H2,1H3. The first-order chi connectivity index (χ1) is 15.5. The maximum absolute atomic E-state index is 13.5. The van der Waals surface area contributed by atoms with Gasteiger partial charge >= 0.3 is 0 Å². The van der Waals surface area contributed by atoms with E-state index < -0.39 is 0 Å². The summed E-state index contributed by atoms with van der Waals surface area (Å²) in [5, 5.41) is 9.81. The minimum Gasteiger partial charge on any atom is -0.497 e. The molecule has 2 amide bonds. The van der Waals surface area contributed by atoms with E-state index in [-0.39, 0.29) is 25.0 Å². The molecular formula is C24H26ClN3O4. The van der Waals surface area contributed by atoms with Crippen molar-refractivity contribution in [3.63, 3.8) is 0 Å². The Labute approximate surface area is 192 Å². The smallest absolute Gasteiger partial charge is 0.278 e. The maximum atomic E-state index is 13.5. The second-order valence-corrected chi connectivity index (χ2v) is 8.26. The first kappa shape index (κ1) is 22.3. The molecule has 2 aliphatic heterocycles. The minimum absolute atomic E-state index is 0.103. The average molecular weight is 456 g/mol. The summed E-state index contributed by atoms with van der Waals surface area (Å²) in [4.78, 5) is 32.4. The second kappa shape index (κ2) is 9.73. The monoisotopic (exact) mass is 455 g/mol. The van der Waals surface area contributed by atoms with Crippen molar-refractivity contribution in [3.8, 4) is 5.75 Å². The van der Waals surface area contributed by atoms with Crippen molar-refractivity contribution in [3.05, 3.63) is 70.4 Å². The second-order valence-electron chi connectivity index (χ2n) is 7.83. The molecule has 0 bridgehead atoms. The molecule has 2 aromatic carbocycles. The molecule has 1 N–H and O–H groups in total. The van der Waals surface area contributed by atoms with Crippen molar-refractivity contribution >= 4 is 29.0 Å². The first-order valence-corrected chi connectivity index (χ1v) is 11.0. The molecule has 32 heavy (non-hydrogen) atoms. The maximum Gasteiger partial charge on any atom is 0.278 e. The number of aliphatic hydroxyl groups is 1. The summed E-state index contributed by atoms with van der Waals surface area (Å²) in [7, 11) is 1.59. The highest BCUT2D eigenvalue weighted by molar-refractivity contribution is 6.35. The number of nitrogens with zero attached hydrogens (tertiary/aromatic N) is 3. The Hall–Kier alpha value is -2.87. The predicted octanol–water partition coefficient (Wildman–Crippen LogP) is 2.24. The zero-order chi connectivity index (χ0) is 22.7. The predicted molar refractivity (Wildman–Crippen MR) is 122 cm³/mol. The van der Waals surface area contributed by atoms with E-state index >= 15 is 0 Å². The van der Waals surface area contributed by atoms with E-state index in [1.807, 2.05) is 29.2 Å². The lowest BCUT2D eigenvalue weighted by molar-refractivity contribution is -0.138. The van der Waals surface area contributed by atoms with Gasteiger partial charge in [0.1, 0.15) is 11.4 Å². The van der Waals surface area contributed by atoms with Crippen molar-refractivity contribution in [2.45, 2.75) is 6.54 Å². The zero-order valence-corrected chi connectivity index (χ0v) is 18.7. The molecule has 1 saturated heterocycles. The van der Waals surface area contributed by atoms with Crippen LogP contribution in [0.5, 0.6) is 5.75 Å². The van der Waals surface area contributed by atoms with Crippen LogP contribution in [-0.2, 0) is 16.1 Å². The third-order valence-electron chi connectivity index (χ3n) is 5.88. The number of benzene rings is 2. The first-order valence-electron chi connectivity index (χ1n) is 10.6. The third-order valence-corrected chi connectivity index (χ3v) is 6.13. The van der Waals surface area contributed by atoms with Crippen LogP contribution in [0.1, 0.15) is 11.1 Å². The Morgan fingerprint density at radius 3 is 2.19 bits per heavy atom. The quantitative estimate of drug-likeness (QED) is 0.645. The molecule has 0 radical (unpaired) electrons. The number of ether oxygens (including phenoxy) is 1. The Morgan fingerprint density at radius 1 is 0.938 bits per heavy atom. The summed E-state index contributed by atoms with van der Waals surface area (Å²) in [5.74, 6) is 0.0950. The van der Waals surface area contributed by atoms with Crippen molar-refractivity contribution in [1.82, 2.24) is 14.7 Å². The Kier molecular flexibility index (Phi) is 6.79. The molecule has 0 saturated carbocycles. The van der Waals surface area contributed by atoms with Crippen LogP contribution in [0.4, 0.5) is 0 Å². The number of amides is 2. The van der Waals surface area contributed by atoms with Crippen molar-refractivity contribution < 1.29 is 19.4 Å². The molecule has 2 aromatic rings. The normalized spacial score (nSPS) is 17.5. The number of hydrogen-bond donors (Lipinski definition) is 1. The summed E-state index contributed by atoms with van der Waals surface area (Å²) in [6.45, 7) is 3.56. The molecule has 7 nitrogen and oxygen atoms in total. The number of aliphatic hydroxyl groups excluding tert-OH is 1. The van der Waals surface area contributed by atoms with E-state index in [1.54, 1.807) is 31.4 Å². The molecular weight excluding hydrogens is 430 g/mol. The van der Waals surface area contributed by atoms with E-state index in [0.29, 0.717) is 47.2 Å². The Bertz CT molecular complexity index is 1010. The van der Waals surface area contributed by atoms with Gasteiger partial charge in [-0.2, -0.15) is 0 Å². The van der Waals surface area contributed by atoms with Gasteiger partial charge in [-0.15, -0.1) is 0 Å². The number of hydrogen-bond acceptors (Lipinski definition) is 6. The fraction of sp³-hybridized carbons (Fsp3) is 0.333. The highest BCUT2D eigenvalue weighted by Crippen LogP contribution is 2.34. The molecule has 0 spiro atoms. The Morgan fingerprint density at radius 2 is 1.59 bits per heavy atom. The summed E-state index contributed by atoms with van der Waals surface area (Å²) in [6, 6.07) is 14.4. The van der Waals surface area contributed by atoms with Gasteiger partial charge in [0.2, 0.25) is 0 Å². The fourth-order valence-electron chi connectivity index (χ4n) is 4.13. The third kappa shape index (κ3) is 4.50. The van der Waals surface area contributed by atoms with Crippen molar-refractivity contribution in [2.24, 2.45) is 0 Å². The molecule has 4 rings (SSSR count). The van der Waals surface area contributed by atoms with Crippen LogP contribution in [0, 0.1) is 0 Å². The van der Waals surface area contributed by atoms with Gasteiger partial charge in [-0.3, -0.25) is 19.4 Å². The van der Waals surface area contributed by atoms with Gasteiger partial charge in [0.05, 0.1) is 25.8 Å². The van der Waals surface area contributed by atoms with Gasteiger partial charge in [0, 0.05) is 37.7 Å². The molecule has 0 atom stereocenters. The molecule has 8 heteroatoms. The van der Waals surface area contributed by atoms with Crippen LogP contribution in [0.25, 0.3) is 5.57 Å². The van der Waals surface area contributed by atoms with Crippen molar-refractivity contribution in [1.29, 1.82) is 0 Å². The molecule has 0 aliphatic carbocycles. The highest BCUT2D eigenvalue weighted by Gasteiger charge is 2.42. The number of carbonyl (C=O) groups is 2. The van der Waals surface area contributed by atoms with Crippen LogP contribution in [0.15, 0.2) is 54.2 Å². The SMILES string of the molecule is COc1ccc(C2=C(N3CCN(CCO)CC3)C(=O)N(Cc3ccc(Cl)cc3)C2=O)cc1. The van der Waals surface area contributed by atoms with Gasteiger partial charge in [0.25, 0.3) is 11.8 Å².